The molecule has 1 aliphatic rings. The van der Waals surface area contributed by atoms with E-state index in [9.17, 15) is 0 Å². The largest absolute Gasteiger partial charge is 0.354 e. The molecule has 76 valence electrons. The first kappa shape index (κ1) is 9.53. The summed E-state index contributed by atoms with van der Waals surface area (Å²) in [5.41, 5.74) is 2.46. The number of aliphatic imine (C=N–C) groups is 1. The molecular weight excluding hydrogens is 188 g/mol. The second kappa shape index (κ2) is 4.01. The van der Waals surface area contributed by atoms with Crippen LogP contribution in [0.25, 0.3) is 0 Å². The highest BCUT2D eigenvalue weighted by molar-refractivity contribution is 5.95. The zero-order chi connectivity index (χ0) is 10.7. The third kappa shape index (κ3) is 1.91. The summed E-state index contributed by atoms with van der Waals surface area (Å²) in [6.45, 7) is 3.57. The molecule has 4 nitrogen and oxygen atoms in total. The standard InChI is InChI=1S/C11H12N4/c1-8-3-2-4-10(9(8)7-12)15-11-13-5-6-14-11/h2-4H,5-6H2,1H3,(H2,13,14,15). The van der Waals surface area contributed by atoms with Crippen LogP contribution in [0.4, 0.5) is 5.69 Å². The molecule has 0 bridgehead atoms. The molecule has 4 heteroatoms. The van der Waals surface area contributed by atoms with Crippen LogP contribution < -0.4 is 10.6 Å². The lowest BCUT2D eigenvalue weighted by Crippen LogP contribution is -2.26. The maximum absolute atomic E-state index is 9.02. The molecule has 0 spiro atoms. The van der Waals surface area contributed by atoms with E-state index in [0.29, 0.717) is 5.56 Å². The Kier molecular flexibility index (Phi) is 2.55. The van der Waals surface area contributed by atoms with Crippen LogP contribution in [-0.4, -0.2) is 19.0 Å². The topological polar surface area (TPSA) is 60.2 Å². The van der Waals surface area contributed by atoms with Crippen LogP contribution in [-0.2, 0) is 0 Å². The van der Waals surface area contributed by atoms with Gasteiger partial charge in [-0.2, -0.15) is 5.26 Å². The van der Waals surface area contributed by atoms with Crippen molar-refractivity contribution in [2.75, 3.05) is 18.4 Å². The average molecular weight is 200 g/mol. The van der Waals surface area contributed by atoms with E-state index < -0.39 is 0 Å². The van der Waals surface area contributed by atoms with Crippen LogP contribution in [0.1, 0.15) is 11.1 Å². The van der Waals surface area contributed by atoms with Gasteiger partial charge in [0.05, 0.1) is 17.8 Å². The lowest BCUT2D eigenvalue weighted by molar-refractivity contribution is 0.959. The first-order valence-corrected chi connectivity index (χ1v) is 4.86. The van der Waals surface area contributed by atoms with Crippen molar-refractivity contribution in [2.24, 2.45) is 4.99 Å². The minimum Gasteiger partial charge on any atom is -0.354 e. The number of benzene rings is 1. The molecule has 0 unspecified atom stereocenters. The average Bonchev–Trinajstić information content (AvgIpc) is 2.71. The minimum absolute atomic E-state index is 0.675. The number of nitrogens with one attached hydrogen (secondary N) is 2. The first-order chi connectivity index (χ1) is 7.31. The fourth-order valence-electron chi connectivity index (χ4n) is 1.53. The van der Waals surface area contributed by atoms with Gasteiger partial charge in [-0.15, -0.1) is 0 Å². The molecule has 2 N–H and O–H groups in total. The van der Waals surface area contributed by atoms with E-state index in [4.69, 9.17) is 5.26 Å². The summed E-state index contributed by atoms with van der Waals surface area (Å²) in [5, 5.41) is 15.2. The third-order valence-corrected chi connectivity index (χ3v) is 2.31. The van der Waals surface area contributed by atoms with Crippen LogP contribution in [0.2, 0.25) is 0 Å². The predicted octanol–water partition coefficient (Wildman–Crippen LogP) is 1.24. The van der Waals surface area contributed by atoms with Crippen molar-refractivity contribution in [1.82, 2.24) is 5.32 Å². The van der Waals surface area contributed by atoms with Crippen LogP contribution in [0.5, 0.6) is 0 Å². The molecule has 1 aliphatic heterocycles. The number of guanidine groups is 1. The monoisotopic (exact) mass is 200 g/mol. The molecule has 2 rings (SSSR count). The molecule has 0 atom stereocenters. The lowest BCUT2D eigenvalue weighted by Gasteiger charge is -2.09. The number of hydrogen-bond acceptors (Lipinski definition) is 4. The summed E-state index contributed by atoms with van der Waals surface area (Å²) in [4.78, 5) is 4.22. The van der Waals surface area contributed by atoms with Crippen LogP contribution >= 0.6 is 0 Å². The van der Waals surface area contributed by atoms with Gasteiger partial charge in [-0.25, -0.2) is 0 Å². The quantitative estimate of drug-likeness (QED) is 0.717. The van der Waals surface area contributed by atoms with E-state index in [0.717, 1.165) is 30.3 Å². The Labute approximate surface area is 88.6 Å². The SMILES string of the molecule is Cc1cccc(NC2=NCCN2)c1C#N. The number of anilines is 1. The molecule has 1 aromatic carbocycles. The van der Waals surface area contributed by atoms with Gasteiger partial charge >= 0.3 is 0 Å². The summed E-state index contributed by atoms with van der Waals surface area (Å²) in [5.74, 6) is 0.747. The number of aryl methyl sites for hydroxylation is 1. The number of nitriles is 1. The minimum atomic E-state index is 0.675. The van der Waals surface area contributed by atoms with Crippen molar-refractivity contribution in [3.05, 3.63) is 29.3 Å². The van der Waals surface area contributed by atoms with Gasteiger partial charge in [-0.1, -0.05) is 12.1 Å². The molecule has 0 fully saturated rings. The highest BCUT2D eigenvalue weighted by Crippen LogP contribution is 2.18. The molecule has 0 radical (unpaired) electrons. The van der Waals surface area contributed by atoms with Gasteiger partial charge in [0.1, 0.15) is 6.07 Å². The summed E-state index contributed by atoms with van der Waals surface area (Å²) >= 11 is 0. The van der Waals surface area contributed by atoms with Gasteiger partial charge in [-0.3, -0.25) is 4.99 Å². The maximum Gasteiger partial charge on any atom is 0.195 e. The number of nitrogens with zero attached hydrogens (tertiary/aromatic N) is 2. The normalized spacial score (nSPS) is 14.0. The molecular formula is C11H12N4. The Morgan fingerprint density at radius 1 is 1.53 bits per heavy atom. The second-order valence-electron chi connectivity index (χ2n) is 3.39. The molecule has 0 saturated heterocycles. The van der Waals surface area contributed by atoms with Crippen LogP contribution in [0.15, 0.2) is 23.2 Å². The van der Waals surface area contributed by atoms with Crippen molar-refractivity contribution in [1.29, 1.82) is 5.26 Å². The van der Waals surface area contributed by atoms with E-state index in [1.807, 2.05) is 25.1 Å². The van der Waals surface area contributed by atoms with Gasteiger partial charge in [-0.05, 0) is 18.6 Å². The van der Waals surface area contributed by atoms with Crippen molar-refractivity contribution in [3.63, 3.8) is 0 Å². The van der Waals surface area contributed by atoms with Gasteiger partial charge in [0.2, 0.25) is 0 Å². The summed E-state index contributed by atoms with van der Waals surface area (Å²) in [6, 6.07) is 7.92. The summed E-state index contributed by atoms with van der Waals surface area (Å²) < 4.78 is 0. The number of rotatable bonds is 1. The maximum atomic E-state index is 9.02. The molecule has 0 saturated carbocycles. The van der Waals surface area contributed by atoms with E-state index in [1.54, 1.807) is 0 Å². The molecule has 1 heterocycles. The fourth-order valence-corrected chi connectivity index (χ4v) is 1.53. The van der Waals surface area contributed by atoms with Gasteiger partial charge in [0.25, 0.3) is 0 Å². The Hall–Kier alpha value is -2.02. The zero-order valence-corrected chi connectivity index (χ0v) is 8.54. The Balaban J connectivity index is 2.28. The predicted molar refractivity (Wildman–Crippen MR) is 59.8 cm³/mol. The Bertz CT molecular complexity index is 442. The summed E-state index contributed by atoms with van der Waals surface area (Å²) in [6.07, 6.45) is 0. The number of hydrogen-bond donors (Lipinski definition) is 2. The van der Waals surface area contributed by atoms with Crippen molar-refractivity contribution < 1.29 is 0 Å². The first-order valence-electron chi connectivity index (χ1n) is 4.86. The highest BCUT2D eigenvalue weighted by Gasteiger charge is 2.09. The lowest BCUT2D eigenvalue weighted by atomic mass is 10.1. The van der Waals surface area contributed by atoms with Crippen molar-refractivity contribution in [2.45, 2.75) is 6.92 Å². The molecule has 15 heavy (non-hydrogen) atoms. The second-order valence-corrected chi connectivity index (χ2v) is 3.39. The van der Waals surface area contributed by atoms with Gasteiger partial charge < -0.3 is 10.6 Å². The van der Waals surface area contributed by atoms with Crippen molar-refractivity contribution in [3.8, 4) is 6.07 Å². The zero-order valence-electron chi connectivity index (χ0n) is 8.54. The van der Waals surface area contributed by atoms with Crippen LogP contribution in [0.3, 0.4) is 0 Å². The Morgan fingerprint density at radius 3 is 3.07 bits per heavy atom. The highest BCUT2D eigenvalue weighted by atomic mass is 15.2. The van der Waals surface area contributed by atoms with E-state index >= 15 is 0 Å². The fraction of sp³-hybridized carbons (Fsp3) is 0.273. The Morgan fingerprint density at radius 2 is 2.40 bits per heavy atom. The summed E-state index contributed by atoms with van der Waals surface area (Å²) in [7, 11) is 0. The molecule has 0 aromatic heterocycles. The van der Waals surface area contributed by atoms with E-state index in [-0.39, 0.29) is 0 Å². The van der Waals surface area contributed by atoms with Crippen LogP contribution in [0, 0.1) is 18.3 Å². The van der Waals surface area contributed by atoms with Gasteiger partial charge in [0, 0.05) is 6.54 Å². The van der Waals surface area contributed by atoms with Crippen molar-refractivity contribution >= 4 is 11.6 Å². The smallest absolute Gasteiger partial charge is 0.195 e. The molecule has 0 aliphatic carbocycles. The van der Waals surface area contributed by atoms with Gasteiger partial charge in [0.15, 0.2) is 5.96 Å². The molecule has 0 amide bonds. The third-order valence-electron chi connectivity index (χ3n) is 2.31. The van der Waals surface area contributed by atoms with E-state index in [1.165, 1.54) is 0 Å². The molecule has 1 aromatic rings. The van der Waals surface area contributed by atoms with E-state index in [2.05, 4.69) is 21.7 Å².